The molecule has 2 aromatic rings. The first kappa shape index (κ1) is 10.6. The Labute approximate surface area is 105 Å². The number of hydrogen-bond donors (Lipinski definition) is 0. The summed E-state index contributed by atoms with van der Waals surface area (Å²) in [5.74, 6) is 1.31. The second-order valence-corrected chi connectivity index (χ2v) is 4.53. The van der Waals surface area contributed by atoms with Crippen LogP contribution >= 0.6 is 31.9 Å². The maximum absolute atomic E-state index is 5.64. The molecule has 0 bridgehead atoms. The van der Waals surface area contributed by atoms with Gasteiger partial charge in [-0.3, -0.25) is 0 Å². The van der Waals surface area contributed by atoms with E-state index in [4.69, 9.17) is 4.74 Å². The van der Waals surface area contributed by atoms with Crippen LogP contribution in [0.25, 0.3) is 0 Å². The third kappa shape index (κ3) is 2.58. The molecule has 1 aromatic heterocycles. The molecule has 0 aliphatic heterocycles. The lowest BCUT2D eigenvalue weighted by Gasteiger charge is -2.07. The van der Waals surface area contributed by atoms with Gasteiger partial charge in [0, 0.05) is 12.3 Å². The number of aromatic nitrogens is 1. The molecule has 15 heavy (non-hydrogen) atoms. The zero-order valence-electron chi connectivity index (χ0n) is 7.65. The van der Waals surface area contributed by atoms with E-state index in [0.29, 0.717) is 5.88 Å². The lowest BCUT2D eigenvalue weighted by molar-refractivity contribution is 0.457. The van der Waals surface area contributed by atoms with Crippen molar-refractivity contribution < 1.29 is 4.74 Å². The predicted molar refractivity (Wildman–Crippen MR) is 66.2 cm³/mol. The van der Waals surface area contributed by atoms with E-state index in [0.717, 1.165) is 14.7 Å². The SMILES string of the molecule is Brc1cccc(Br)c1Oc1ccccn1. The van der Waals surface area contributed by atoms with Gasteiger partial charge in [-0.2, -0.15) is 0 Å². The van der Waals surface area contributed by atoms with Gasteiger partial charge < -0.3 is 4.74 Å². The summed E-state index contributed by atoms with van der Waals surface area (Å²) in [7, 11) is 0. The highest BCUT2D eigenvalue weighted by Crippen LogP contribution is 2.35. The molecule has 0 atom stereocenters. The van der Waals surface area contributed by atoms with Crippen LogP contribution in [0, 0.1) is 0 Å². The normalized spacial score (nSPS) is 10.0. The third-order valence-corrected chi connectivity index (χ3v) is 3.01. The Bertz CT molecular complexity index is 439. The van der Waals surface area contributed by atoms with Crippen LogP contribution in [0.4, 0.5) is 0 Å². The Morgan fingerprint density at radius 1 is 0.933 bits per heavy atom. The number of pyridine rings is 1. The molecule has 0 saturated heterocycles. The Kier molecular flexibility index (Phi) is 3.38. The van der Waals surface area contributed by atoms with E-state index in [1.54, 1.807) is 6.20 Å². The third-order valence-electron chi connectivity index (χ3n) is 1.76. The summed E-state index contributed by atoms with van der Waals surface area (Å²) in [6, 6.07) is 11.3. The fourth-order valence-corrected chi connectivity index (χ4v) is 2.25. The molecule has 2 nitrogen and oxygen atoms in total. The molecule has 0 saturated carbocycles. The zero-order valence-corrected chi connectivity index (χ0v) is 10.8. The number of para-hydroxylation sites is 1. The summed E-state index contributed by atoms with van der Waals surface area (Å²) < 4.78 is 7.42. The van der Waals surface area contributed by atoms with Gasteiger partial charge in [0.1, 0.15) is 0 Å². The van der Waals surface area contributed by atoms with E-state index >= 15 is 0 Å². The maximum atomic E-state index is 5.64. The summed E-state index contributed by atoms with van der Waals surface area (Å²) in [5.41, 5.74) is 0. The van der Waals surface area contributed by atoms with Crippen molar-refractivity contribution in [2.45, 2.75) is 0 Å². The Morgan fingerprint density at radius 2 is 1.67 bits per heavy atom. The van der Waals surface area contributed by atoms with Crippen molar-refractivity contribution in [1.82, 2.24) is 4.98 Å². The number of rotatable bonds is 2. The van der Waals surface area contributed by atoms with E-state index in [2.05, 4.69) is 36.8 Å². The molecular weight excluding hydrogens is 322 g/mol. The Morgan fingerprint density at radius 3 is 2.27 bits per heavy atom. The lowest BCUT2D eigenvalue weighted by atomic mass is 10.3. The van der Waals surface area contributed by atoms with Crippen LogP contribution in [0.5, 0.6) is 11.6 Å². The molecule has 0 fully saturated rings. The molecule has 0 aliphatic carbocycles. The molecule has 2 rings (SSSR count). The van der Waals surface area contributed by atoms with Gasteiger partial charge in [0.25, 0.3) is 0 Å². The van der Waals surface area contributed by atoms with Gasteiger partial charge >= 0.3 is 0 Å². The number of benzene rings is 1. The molecular formula is C11H7Br2NO. The van der Waals surface area contributed by atoms with Gasteiger partial charge in [0.2, 0.25) is 5.88 Å². The van der Waals surface area contributed by atoms with Crippen LogP contribution in [-0.2, 0) is 0 Å². The number of ether oxygens (including phenoxy) is 1. The first-order valence-electron chi connectivity index (χ1n) is 4.30. The largest absolute Gasteiger partial charge is 0.437 e. The highest BCUT2D eigenvalue weighted by molar-refractivity contribution is 9.11. The maximum Gasteiger partial charge on any atom is 0.219 e. The van der Waals surface area contributed by atoms with Crippen molar-refractivity contribution in [3.05, 3.63) is 51.5 Å². The summed E-state index contributed by atoms with van der Waals surface area (Å²) >= 11 is 6.84. The first-order chi connectivity index (χ1) is 7.27. The van der Waals surface area contributed by atoms with Crippen molar-refractivity contribution >= 4 is 31.9 Å². The van der Waals surface area contributed by atoms with Gasteiger partial charge in [-0.25, -0.2) is 4.98 Å². The molecule has 76 valence electrons. The highest BCUT2D eigenvalue weighted by atomic mass is 79.9. The molecule has 0 unspecified atom stereocenters. The van der Waals surface area contributed by atoms with Gasteiger partial charge in [0.05, 0.1) is 8.95 Å². The van der Waals surface area contributed by atoms with Crippen LogP contribution in [-0.4, -0.2) is 4.98 Å². The molecule has 4 heteroatoms. The number of halogens is 2. The fraction of sp³-hybridized carbons (Fsp3) is 0. The zero-order chi connectivity index (χ0) is 10.7. The molecule has 0 aliphatic rings. The van der Waals surface area contributed by atoms with Crippen molar-refractivity contribution in [3.63, 3.8) is 0 Å². The first-order valence-corrected chi connectivity index (χ1v) is 5.89. The average Bonchev–Trinajstić information content (AvgIpc) is 2.25. The standard InChI is InChI=1S/C11H7Br2NO/c12-8-4-3-5-9(13)11(8)15-10-6-1-2-7-14-10/h1-7H. The van der Waals surface area contributed by atoms with Crippen molar-refractivity contribution in [1.29, 1.82) is 0 Å². The Hall–Kier alpha value is -0.870. The second-order valence-electron chi connectivity index (χ2n) is 2.82. The fourth-order valence-electron chi connectivity index (χ4n) is 1.09. The summed E-state index contributed by atoms with van der Waals surface area (Å²) in [5, 5.41) is 0. The second kappa shape index (κ2) is 4.77. The van der Waals surface area contributed by atoms with Crippen molar-refractivity contribution in [2.24, 2.45) is 0 Å². The summed E-state index contributed by atoms with van der Waals surface area (Å²) in [4.78, 5) is 4.09. The van der Waals surface area contributed by atoms with Crippen LogP contribution in [0.2, 0.25) is 0 Å². The van der Waals surface area contributed by atoms with Crippen molar-refractivity contribution in [3.8, 4) is 11.6 Å². The van der Waals surface area contributed by atoms with E-state index in [1.807, 2.05) is 36.4 Å². The molecule has 0 radical (unpaired) electrons. The minimum absolute atomic E-state index is 0.574. The van der Waals surface area contributed by atoms with E-state index in [9.17, 15) is 0 Å². The number of hydrogen-bond acceptors (Lipinski definition) is 2. The summed E-state index contributed by atoms with van der Waals surface area (Å²) in [6.45, 7) is 0. The molecule has 1 aromatic carbocycles. The van der Waals surface area contributed by atoms with Crippen LogP contribution in [0.1, 0.15) is 0 Å². The lowest BCUT2D eigenvalue weighted by Crippen LogP contribution is -1.88. The van der Waals surface area contributed by atoms with E-state index in [1.165, 1.54) is 0 Å². The van der Waals surface area contributed by atoms with Crippen LogP contribution in [0.15, 0.2) is 51.5 Å². The average molecular weight is 329 g/mol. The summed E-state index contributed by atoms with van der Waals surface area (Å²) in [6.07, 6.45) is 1.69. The highest BCUT2D eigenvalue weighted by Gasteiger charge is 2.06. The van der Waals surface area contributed by atoms with Crippen LogP contribution in [0.3, 0.4) is 0 Å². The minimum atomic E-state index is 0.574. The van der Waals surface area contributed by atoms with Gasteiger partial charge in [-0.1, -0.05) is 12.1 Å². The van der Waals surface area contributed by atoms with Crippen molar-refractivity contribution in [2.75, 3.05) is 0 Å². The quantitative estimate of drug-likeness (QED) is 0.815. The smallest absolute Gasteiger partial charge is 0.219 e. The van der Waals surface area contributed by atoms with Gasteiger partial charge in [-0.05, 0) is 50.1 Å². The number of nitrogens with zero attached hydrogens (tertiary/aromatic N) is 1. The van der Waals surface area contributed by atoms with E-state index < -0.39 is 0 Å². The van der Waals surface area contributed by atoms with E-state index in [-0.39, 0.29) is 0 Å². The molecule has 0 amide bonds. The Balaban J connectivity index is 2.32. The van der Waals surface area contributed by atoms with Gasteiger partial charge in [0.15, 0.2) is 5.75 Å². The minimum Gasteiger partial charge on any atom is -0.437 e. The monoisotopic (exact) mass is 327 g/mol. The predicted octanol–water partition coefficient (Wildman–Crippen LogP) is 4.40. The molecule has 0 spiro atoms. The topological polar surface area (TPSA) is 22.1 Å². The molecule has 1 heterocycles. The van der Waals surface area contributed by atoms with Gasteiger partial charge in [-0.15, -0.1) is 0 Å². The molecule has 0 N–H and O–H groups in total. The van der Waals surface area contributed by atoms with Crippen LogP contribution < -0.4 is 4.74 Å².